The van der Waals surface area contributed by atoms with E-state index in [-0.39, 0.29) is 18.5 Å². The molecule has 1 unspecified atom stereocenters. The molecule has 0 amide bonds. The van der Waals surface area contributed by atoms with Crippen LogP contribution in [0, 0.1) is 5.82 Å². The van der Waals surface area contributed by atoms with Crippen molar-refractivity contribution in [1.82, 2.24) is 0 Å². The summed E-state index contributed by atoms with van der Waals surface area (Å²) in [5.74, 6) is -0.251. The van der Waals surface area contributed by atoms with Crippen molar-refractivity contribution in [1.29, 1.82) is 0 Å². The number of hydrogen-bond acceptors (Lipinski definition) is 3. The Bertz CT molecular complexity index is 507. The molecule has 0 saturated heterocycles. The monoisotopic (exact) mass is 254 g/mol. The van der Waals surface area contributed by atoms with Crippen molar-refractivity contribution in [2.45, 2.75) is 26.1 Å². The van der Waals surface area contributed by atoms with Crippen LogP contribution in [0.4, 0.5) is 4.39 Å². The van der Waals surface area contributed by atoms with Crippen LogP contribution >= 0.6 is 11.3 Å². The lowest BCUT2D eigenvalue weighted by Crippen LogP contribution is -2.10. The first-order valence-corrected chi connectivity index (χ1v) is 6.36. The molecule has 1 atom stereocenters. The molecule has 4 heteroatoms. The predicted molar refractivity (Wildman–Crippen MR) is 67.8 cm³/mol. The van der Waals surface area contributed by atoms with Crippen molar-refractivity contribution in [3.8, 4) is 0 Å². The molecule has 1 aromatic heterocycles. The molecule has 2 aromatic rings. The number of aliphatic hydroxyl groups excluding tert-OH is 1. The Morgan fingerprint density at radius 1 is 1.35 bits per heavy atom. The fraction of sp³-hybridized carbons (Fsp3) is 0.385. The lowest BCUT2D eigenvalue weighted by Gasteiger charge is -2.11. The van der Waals surface area contributed by atoms with Gasteiger partial charge in [-0.15, -0.1) is 11.3 Å². The van der Waals surface area contributed by atoms with E-state index < -0.39 is 6.10 Å². The summed E-state index contributed by atoms with van der Waals surface area (Å²) in [6.07, 6.45) is -0.547. The number of fused-ring (bicyclic) bond motifs is 1. The minimum atomic E-state index is -0.641. The van der Waals surface area contributed by atoms with Gasteiger partial charge in [-0.1, -0.05) is 6.07 Å². The summed E-state index contributed by atoms with van der Waals surface area (Å²) >= 11 is 1.40. The van der Waals surface area contributed by atoms with Crippen molar-refractivity contribution >= 4 is 21.4 Å². The third-order valence-corrected chi connectivity index (χ3v) is 3.62. The van der Waals surface area contributed by atoms with Crippen LogP contribution in [0.2, 0.25) is 0 Å². The van der Waals surface area contributed by atoms with Crippen molar-refractivity contribution in [3.05, 3.63) is 35.0 Å². The largest absolute Gasteiger partial charge is 0.385 e. The molecule has 0 radical (unpaired) electrons. The molecular weight excluding hydrogens is 239 g/mol. The van der Waals surface area contributed by atoms with Crippen molar-refractivity contribution in [2.75, 3.05) is 6.61 Å². The highest BCUT2D eigenvalue weighted by molar-refractivity contribution is 7.19. The highest BCUT2D eigenvalue weighted by Gasteiger charge is 2.12. The SMILES string of the molecule is CC(C)OCC(O)c1cc2ccc(F)cc2s1. The molecule has 0 fully saturated rings. The molecule has 0 saturated carbocycles. The molecule has 0 aliphatic carbocycles. The van der Waals surface area contributed by atoms with Crippen LogP contribution < -0.4 is 0 Å². The van der Waals surface area contributed by atoms with Crippen LogP contribution in [0.3, 0.4) is 0 Å². The maximum absolute atomic E-state index is 13.0. The topological polar surface area (TPSA) is 29.5 Å². The fourth-order valence-electron chi connectivity index (χ4n) is 1.56. The van der Waals surface area contributed by atoms with Crippen LogP contribution in [0.5, 0.6) is 0 Å². The van der Waals surface area contributed by atoms with Crippen LogP contribution in [0.15, 0.2) is 24.3 Å². The van der Waals surface area contributed by atoms with Crippen molar-refractivity contribution in [3.63, 3.8) is 0 Å². The number of ether oxygens (including phenoxy) is 1. The Kier molecular flexibility index (Phi) is 3.76. The van der Waals surface area contributed by atoms with Gasteiger partial charge in [-0.05, 0) is 37.4 Å². The van der Waals surface area contributed by atoms with E-state index in [0.717, 1.165) is 15.0 Å². The van der Waals surface area contributed by atoms with Crippen LogP contribution in [-0.4, -0.2) is 17.8 Å². The summed E-state index contributed by atoms with van der Waals surface area (Å²) in [6, 6.07) is 6.52. The molecule has 1 N–H and O–H groups in total. The number of aliphatic hydroxyl groups is 1. The number of halogens is 1. The molecule has 92 valence electrons. The second-order valence-electron chi connectivity index (χ2n) is 4.23. The van der Waals surface area contributed by atoms with Gasteiger partial charge in [-0.3, -0.25) is 0 Å². The van der Waals surface area contributed by atoms with E-state index in [2.05, 4.69) is 0 Å². The van der Waals surface area contributed by atoms with Gasteiger partial charge in [0.15, 0.2) is 0 Å². The Morgan fingerprint density at radius 2 is 2.12 bits per heavy atom. The van der Waals surface area contributed by atoms with Gasteiger partial charge in [-0.2, -0.15) is 0 Å². The van der Waals surface area contributed by atoms with E-state index >= 15 is 0 Å². The zero-order valence-corrected chi connectivity index (χ0v) is 10.6. The van der Waals surface area contributed by atoms with Gasteiger partial charge in [-0.25, -0.2) is 4.39 Å². The van der Waals surface area contributed by atoms with Gasteiger partial charge >= 0.3 is 0 Å². The maximum Gasteiger partial charge on any atom is 0.124 e. The van der Waals surface area contributed by atoms with Gasteiger partial charge in [0, 0.05) is 9.58 Å². The molecule has 0 spiro atoms. The van der Waals surface area contributed by atoms with Crippen LogP contribution in [0.25, 0.3) is 10.1 Å². The summed E-state index contributed by atoms with van der Waals surface area (Å²) < 4.78 is 19.2. The molecule has 1 heterocycles. The Hall–Kier alpha value is -0.970. The zero-order chi connectivity index (χ0) is 12.4. The summed E-state index contributed by atoms with van der Waals surface area (Å²) in [5.41, 5.74) is 0. The first kappa shape index (κ1) is 12.5. The van der Waals surface area contributed by atoms with Crippen LogP contribution in [0.1, 0.15) is 24.8 Å². The second-order valence-corrected chi connectivity index (χ2v) is 5.34. The molecule has 0 aliphatic heterocycles. The van der Waals surface area contributed by atoms with E-state index in [4.69, 9.17) is 4.74 Å². The van der Waals surface area contributed by atoms with E-state index in [0.29, 0.717) is 0 Å². The van der Waals surface area contributed by atoms with Gasteiger partial charge in [0.1, 0.15) is 11.9 Å². The Balaban J connectivity index is 2.18. The van der Waals surface area contributed by atoms with Crippen molar-refractivity contribution < 1.29 is 14.2 Å². The average molecular weight is 254 g/mol. The van der Waals surface area contributed by atoms with Gasteiger partial charge in [0.05, 0.1) is 12.7 Å². The highest BCUT2D eigenvalue weighted by Crippen LogP contribution is 2.30. The molecule has 0 bridgehead atoms. The van der Waals surface area contributed by atoms with Gasteiger partial charge in [0.25, 0.3) is 0 Å². The van der Waals surface area contributed by atoms with E-state index in [1.165, 1.54) is 23.5 Å². The van der Waals surface area contributed by atoms with Gasteiger partial charge in [0.2, 0.25) is 0 Å². The number of hydrogen-bond donors (Lipinski definition) is 1. The third kappa shape index (κ3) is 3.03. The molecular formula is C13H15FO2S. The molecule has 0 aliphatic rings. The minimum absolute atomic E-state index is 0.0940. The lowest BCUT2D eigenvalue weighted by atomic mass is 10.2. The van der Waals surface area contributed by atoms with E-state index in [1.54, 1.807) is 6.07 Å². The summed E-state index contributed by atoms with van der Waals surface area (Å²) in [6.45, 7) is 4.12. The Labute approximate surface area is 104 Å². The summed E-state index contributed by atoms with van der Waals surface area (Å²) in [7, 11) is 0. The molecule has 1 aromatic carbocycles. The number of rotatable bonds is 4. The fourth-order valence-corrected chi connectivity index (χ4v) is 2.62. The summed E-state index contributed by atoms with van der Waals surface area (Å²) in [4.78, 5) is 0.811. The average Bonchev–Trinajstić information content (AvgIpc) is 2.68. The first-order valence-electron chi connectivity index (χ1n) is 5.55. The Morgan fingerprint density at radius 3 is 2.82 bits per heavy atom. The summed E-state index contributed by atoms with van der Waals surface area (Å²) in [5, 5.41) is 10.9. The molecule has 2 rings (SSSR count). The maximum atomic E-state index is 13.0. The standard InChI is InChI=1S/C13H15FO2S/c1-8(2)16-7-11(15)13-5-9-3-4-10(14)6-12(9)17-13/h3-6,8,11,15H,7H2,1-2H3. The number of benzene rings is 1. The zero-order valence-electron chi connectivity index (χ0n) is 9.81. The molecule has 17 heavy (non-hydrogen) atoms. The smallest absolute Gasteiger partial charge is 0.124 e. The lowest BCUT2D eigenvalue weighted by molar-refractivity contribution is 0.00636. The number of thiophene rings is 1. The van der Waals surface area contributed by atoms with Crippen LogP contribution in [-0.2, 0) is 4.74 Å². The molecule has 2 nitrogen and oxygen atoms in total. The van der Waals surface area contributed by atoms with E-state index in [9.17, 15) is 9.50 Å². The highest BCUT2D eigenvalue weighted by atomic mass is 32.1. The normalized spacial score (nSPS) is 13.5. The third-order valence-electron chi connectivity index (χ3n) is 2.42. The van der Waals surface area contributed by atoms with Crippen molar-refractivity contribution in [2.24, 2.45) is 0 Å². The van der Waals surface area contributed by atoms with E-state index in [1.807, 2.05) is 19.9 Å². The predicted octanol–water partition coefficient (Wildman–Crippen LogP) is 3.50. The van der Waals surface area contributed by atoms with Gasteiger partial charge < -0.3 is 9.84 Å². The quantitative estimate of drug-likeness (QED) is 0.905. The second kappa shape index (κ2) is 5.12. The minimum Gasteiger partial charge on any atom is -0.385 e. The first-order chi connectivity index (χ1) is 8.06.